The highest BCUT2D eigenvalue weighted by Gasteiger charge is 2.57. The maximum Gasteiger partial charge on any atom is 0.347 e. The van der Waals surface area contributed by atoms with Crippen LogP contribution in [0.25, 0.3) is 0 Å². The second-order valence-electron chi connectivity index (χ2n) is 9.18. The quantitative estimate of drug-likeness (QED) is 0.532. The van der Waals surface area contributed by atoms with Crippen molar-refractivity contribution in [2.24, 2.45) is 11.8 Å². The number of carbonyl (C=O) groups is 3. The molecule has 0 unspecified atom stereocenters. The van der Waals surface area contributed by atoms with Gasteiger partial charge in [0.2, 0.25) is 5.91 Å². The van der Waals surface area contributed by atoms with Crippen LogP contribution in [-0.4, -0.2) is 70.0 Å². The number of anilines is 1. The summed E-state index contributed by atoms with van der Waals surface area (Å²) in [6.07, 6.45) is 3.10. The van der Waals surface area contributed by atoms with E-state index in [9.17, 15) is 19.5 Å². The third-order valence-electron chi connectivity index (χ3n) is 6.95. The van der Waals surface area contributed by atoms with Gasteiger partial charge in [-0.15, -0.1) is 0 Å². The van der Waals surface area contributed by atoms with Crippen LogP contribution in [-0.2, 0) is 11.2 Å². The normalized spacial score (nSPS) is 23.7. The highest BCUT2D eigenvalue weighted by atomic mass is 35.5. The average Bonchev–Trinajstić information content (AvgIpc) is 3.19. The van der Waals surface area contributed by atoms with Crippen molar-refractivity contribution >= 4 is 57.5 Å². The lowest BCUT2D eigenvalue weighted by atomic mass is 10.1. The Hall–Kier alpha value is -2.30. The number of amides is 2. The van der Waals surface area contributed by atoms with Crippen molar-refractivity contribution in [1.29, 1.82) is 0 Å². The van der Waals surface area contributed by atoms with Crippen molar-refractivity contribution in [3.05, 3.63) is 32.0 Å². The van der Waals surface area contributed by atoms with E-state index in [1.165, 1.54) is 0 Å². The SMILES string of the molecule is Cc1[nH]c(C(=O)N[C@@H]2[C@@H]3CN(c4nc(CC(=O)N5CCCCC5)c(C(=O)O)s4)C[C@@H]32)c(Cl)c1Cl. The smallest absolute Gasteiger partial charge is 0.347 e. The summed E-state index contributed by atoms with van der Waals surface area (Å²) < 4.78 is 0. The molecule has 3 aliphatic rings. The van der Waals surface area contributed by atoms with E-state index in [-0.39, 0.29) is 51.7 Å². The molecule has 2 aliphatic heterocycles. The number of fused-ring (bicyclic) bond motifs is 1. The molecule has 2 aromatic rings. The molecule has 0 aromatic carbocycles. The summed E-state index contributed by atoms with van der Waals surface area (Å²) in [6, 6.07) is 0.0289. The number of rotatable bonds is 6. The molecule has 1 saturated carbocycles. The number of halogens is 2. The highest BCUT2D eigenvalue weighted by molar-refractivity contribution is 7.17. The standard InChI is InChI=1S/C22H25Cl2N5O4S/c1-10-15(23)16(24)18(25-10)20(31)27-17-11-8-29(9-12(11)17)22-26-13(19(34-22)21(32)33)7-14(30)28-5-3-2-4-6-28/h11-12,17,25H,2-9H2,1H3,(H,27,31)(H,32,33)/t11-,12+,17-. The molecular formula is C22H25Cl2N5O4S. The number of H-pyrrole nitrogens is 1. The molecule has 0 spiro atoms. The summed E-state index contributed by atoms with van der Waals surface area (Å²) in [4.78, 5) is 48.5. The number of hydrogen-bond donors (Lipinski definition) is 3. The van der Waals surface area contributed by atoms with Gasteiger partial charge in [-0.25, -0.2) is 9.78 Å². The second kappa shape index (κ2) is 9.05. The van der Waals surface area contributed by atoms with Gasteiger partial charge >= 0.3 is 5.97 Å². The molecule has 3 N–H and O–H groups in total. The zero-order chi connectivity index (χ0) is 24.1. The van der Waals surface area contributed by atoms with E-state index < -0.39 is 5.97 Å². The fraction of sp³-hybridized carbons (Fsp3) is 0.545. The maximum atomic E-state index is 12.7. The average molecular weight is 526 g/mol. The van der Waals surface area contributed by atoms with E-state index in [1.807, 2.05) is 4.90 Å². The summed E-state index contributed by atoms with van der Waals surface area (Å²) in [6.45, 7) is 4.53. The summed E-state index contributed by atoms with van der Waals surface area (Å²) in [5.74, 6) is -0.900. The molecule has 3 atom stereocenters. The molecule has 9 nitrogen and oxygen atoms in total. The Morgan fingerprint density at radius 1 is 1.15 bits per heavy atom. The van der Waals surface area contributed by atoms with Crippen LogP contribution in [0.4, 0.5) is 5.13 Å². The minimum Gasteiger partial charge on any atom is -0.477 e. The van der Waals surface area contributed by atoms with Crippen LogP contribution < -0.4 is 10.2 Å². The van der Waals surface area contributed by atoms with Gasteiger partial charge in [0.25, 0.3) is 5.91 Å². The molecule has 34 heavy (non-hydrogen) atoms. The van der Waals surface area contributed by atoms with Crippen molar-refractivity contribution in [2.45, 2.75) is 38.6 Å². The fourth-order valence-corrected chi connectivity index (χ4v) is 6.36. The predicted octanol–water partition coefficient (Wildman–Crippen LogP) is 3.20. The third kappa shape index (κ3) is 4.27. The van der Waals surface area contributed by atoms with E-state index in [0.29, 0.717) is 34.6 Å². The lowest BCUT2D eigenvalue weighted by Gasteiger charge is -2.26. The van der Waals surface area contributed by atoms with Gasteiger partial charge in [0.15, 0.2) is 5.13 Å². The highest BCUT2D eigenvalue weighted by Crippen LogP contribution is 2.48. The number of aromatic nitrogens is 2. The van der Waals surface area contributed by atoms with E-state index in [2.05, 4.69) is 15.3 Å². The zero-order valence-electron chi connectivity index (χ0n) is 18.6. The molecule has 182 valence electrons. The van der Waals surface area contributed by atoms with Crippen LogP contribution in [0.3, 0.4) is 0 Å². The van der Waals surface area contributed by atoms with Crippen molar-refractivity contribution in [3.63, 3.8) is 0 Å². The number of piperidine rings is 2. The van der Waals surface area contributed by atoms with Gasteiger partial charge < -0.3 is 25.2 Å². The first-order valence-corrected chi connectivity index (χ1v) is 12.9. The van der Waals surface area contributed by atoms with Crippen molar-refractivity contribution in [2.75, 3.05) is 31.1 Å². The van der Waals surface area contributed by atoms with Crippen LogP contribution >= 0.6 is 34.5 Å². The molecule has 3 fully saturated rings. The first-order valence-electron chi connectivity index (χ1n) is 11.3. The molecule has 1 aliphatic carbocycles. The number of carbonyl (C=O) groups excluding carboxylic acids is 2. The molecule has 2 saturated heterocycles. The van der Waals surface area contributed by atoms with E-state index in [1.54, 1.807) is 11.8 Å². The first-order chi connectivity index (χ1) is 16.2. The molecule has 0 bridgehead atoms. The number of aromatic carboxylic acids is 1. The lowest BCUT2D eigenvalue weighted by Crippen LogP contribution is -2.37. The van der Waals surface area contributed by atoms with Crippen LogP contribution in [0.15, 0.2) is 0 Å². The molecule has 2 amide bonds. The Bertz CT molecular complexity index is 1150. The Kier molecular flexibility index (Phi) is 6.24. The van der Waals surface area contributed by atoms with Crippen molar-refractivity contribution in [1.82, 2.24) is 20.2 Å². The van der Waals surface area contributed by atoms with Gasteiger partial charge in [-0.05, 0) is 26.2 Å². The van der Waals surface area contributed by atoms with Crippen LogP contribution in [0.1, 0.15) is 50.8 Å². The number of thiazole rings is 1. The molecular weight excluding hydrogens is 501 g/mol. The monoisotopic (exact) mass is 525 g/mol. The Balaban J connectivity index is 1.21. The predicted molar refractivity (Wildman–Crippen MR) is 129 cm³/mol. The Labute approximate surface area is 210 Å². The van der Waals surface area contributed by atoms with Crippen LogP contribution in [0.2, 0.25) is 10.0 Å². The first kappa shape index (κ1) is 23.4. The number of aryl methyl sites for hydroxylation is 1. The molecule has 2 aromatic heterocycles. The topological polar surface area (TPSA) is 119 Å². The summed E-state index contributed by atoms with van der Waals surface area (Å²) in [7, 11) is 0. The molecule has 5 rings (SSSR count). The molecule has 4 heterocycles. The zero-order valence-corrected chi connectivity index (χ0v) is 20.9. The Morgan fingerprint density at radius 3 is 2.41 bits per heavy atom. The summed E-state index contributed by atoms with van der Waals surface area (Å²) in [5.41, 5.74) is 1.24. The number of nitrogens with one attached hydrogen (secondary N) is 2. The van der Waals surface area contributed by atoms with Gasteiger partial charge in [-0.1, -0.05) is 34.5 Å². The van der Waals surface area contributed by atoms with E-state index in [4.69, 9.17) is 23.2 Å². The van der Waals surface area contributed by atoms with Gasteiger partial charge in [-0.3, -0.25) is 9.59 Å². The number of carboxylic acids is 1. The maximum absolute atomic E-state index is 12.7. The second-order valence-corrected chi connectivity index (χ2v) is 10.9. The number of likely N-dealkylation sites (tertiary alicyclic amines) is 1. The fourth-order valence-electron chi connectivity index (χ4n) is 5.01. The van der Waals surface area contributed by atoms with Gasteiger partial charge in [0, 0.05) is 49.8 Å². The summed E-state index contributed by atoms with van der Waals surface area (Å²) >= 11 is 13.3. The number of nitrogens with zero attached hydrogens (tertiary/aromatic N) is 3. The minimum absolute atomic E-state index is 0.0103. The van der Waals surface area contributed by atoms with Crippen LogP contribution in [0.5, 0.6) is 0 Å². The number of carboxylic acid groups (broad SMARTS) is 1. The minimum atomic E-state index is -1.06. The van der Waals surface area contributed by atoms with E-state index in [0.717, 1.165) is 43.7 Å². The summed E-state index contributed by atoms with van der Waals surface area (Å²) in [5, 5.41) is 13.9. The van der Waals surface area contributed by atoms with Crippen LogP contribution in [0, 0.1) is 18.8 Å². The lowest BCUT2D eigenvalue weighted by molar-refractivity contribution is -0.131. The molecule has 0 radical (unpaired) electrons. The van der Waals surface area contributed by atoms with Gasteiger partial charge in [0.05, 0.1) is 22.2 Å². The Morgan fingerprint density at radius 2 is 1.82 bits per heavy atom. The number of hydrogen-bond acceptors (Lipinski definition) is 6. The number of aromatic amines is 1. The van der Waals surface area contributed by atoms with E-state index >= 15 is 0 Å². The molecule has 12 heteroatoms. The third-order valence-corrected chi connectivity index (χ3v) is 9.04. The van der Waals surface area contributed by atoms with Crippen molar-refractivity contribution in [3.8, 4) is 0 Å². The largest absolute Gasteiger partial charge is 0.477 e. The van der Waals surface area contributed by atoms with Gasteiger partial charge in [-0.2, -0.15) is 0 Å². The van der Waals surface area contributed by atoms with Gasteiger partial charge in [0.1, 0.15) is 10.6 Å². The van der Waals surface area contributed by atoms with Crippen molar-refractivity contribution < 1.29 is 19.5 Å².